The van der Waals surface area contributed by atoms with Crippen LogP contribution in [-0.4, -0.2) is 37.0 Å². The molecule has 2 aromatic rings. The quantitative estimate of drug-likeness (QED) is 0.477. The zero-order valence-corrected chi connectivity index (χ0v) is 13.6. The molecular weight excluding hydrogens is 298 g/mol. The number of carbonyl (C=O) groups excluding carboxylic acids is 1. The van der Waals surface area contributed by atoms with Crippen LogP contribution in [0.15, 0.2) is 78.9 Å². The van der Waals surface area contributed by atoms with Crippen LogP contribution in [0.3, 0.4) is 0 Å². The number of hydrogen-bond donors (Lipinski definition) is 0. The fraction of sp³-hybridized carbons (Fsp3) is 0.190. The highest BCUT2D eigenvalue weighted by Gasteiger charge is 2.14. The van der Waals surface area contributed by atoms with Gasteiger partial charge in [-0.25, -0.2) is 0 Å². The number of nitrogens with zero attached hydrogens (tertiary/aromatic N) is 1. The lowest BCUT2D eigenvalue weighted by atomic mass is 10.1. The second-order valence-corrected chi connectivity index (χ2v) is 5.61. The minimum atomic E-state index is 0.0150. The molecule has 0 bridgehead atoms. The third-order valence-corrected chi connectivity index (χ3v) is 3.98. The molecule has 1 fully saturated rings. The Morgan fingerprint density at radius 1 is 0.875 bits per heavy atom. The van der Waals surface area contributed by atoms with Crippen molar-refractivity contribution < 1.29 is 9.53 Å². The van der Waals surface area contributed by atoms with Crippen molar-refractivity contribution in [2.75, 3.05) is 26.3 Å². The summed E-state index contributed by atoms with van der Waals surface area (Å²) in [6.45, 7) is 3.19. The summed E-state index contributed by atoms with van der Waals surface area (Å²) in [5.41, 5.74) is 2.97. The number of ketones is 1. The monoisotopic (exact) mass is 319 g/mol. The second-order valence-electron chi connectivity index (χ2n) is 5.61. The van der Waals surface area contributed by atoms with E-state index in [4.69, 9.17) is 4.74 Å². The van der Waals surface area contributed by atoms with E-state index >= 15 is 0 Å². The molecule has 3 rings (SSSR count). The minimum Gasteiger partial charge on any atom is -0.378 e. The summed E-state index contributed by atoms with van der Waals surface area (Å²) in [5.74, 6) is 0.0150. The Morgan fingerprint density at radius 2 is 1.46 bits per heavy atom. The third kappa shape index (κ3) is 4.21. The Balaban J connectivity index is 1.81. The fourth-order valence-electron chi connectivity index (χ4n) is 2.72. The molecule has 1 aliphatic heterocycles. The van der Waals surface area contributed by atoms with Gasteiger partial charge >= 0.3 is 0 Å². The van der Waals surface area contributed by atoms with E-state index in [9.17, 15) is 4.79 Å². The molecule has 0 atom stereocenters. The highest BCUT2D eigenvalue weighted by molar-refractivity contribution is 6.04. The van der Waals surface area contributed by atoms with E-state index in [2.05, 4.69) is 17.0 Å². The topological polar surface area (TPSA) is 29.5 Å². The molecule has 0 unspecified atom stereocenters. The summed E-state index contributed by atoms with van der Waals surface area (Å²) in [7, 11) is 0. The third-order valence-electron chi connectivity index (χ3n) is 3.98. The predicted molar refractivity (Wildman–Crippen MR) is 96.7 cm³/mol. The van der Waals surface area contributed by atoms with E-state index in [0.29, 0.717) is 5.56 Å². The standard InChI is InChI=1S/C21H21NO2/c23-21(19-10-5-2-6-11-19)13-7-12-20(18-8-3-1-4-9-18)22-14-16-24-17-15-22/h1-13H,14-17H2/b13-7+,20-12+. The molecule has 0 spiro atoms. The van der Waals surface area contributed by atoms with Crippen LogP contribution >= 0.6 is 0 Å². The first-order valence-corrected chi connectivity index (χ1v) is 8.20. The smallest absolute Gasteiger partial charge is 0.185 e. The van der Waals surface area contributed by atoms with Crippen molar-refractivity contribution in [2.45, 2.75) is 0 Å². The van der Waals surface area contributed by atoms with Crippen LogP contribution in [0.2, 0.25) is 0 Å². The fourth-order valence-corrected chi connectivity index (χ4v) is 2.72. The van der Waals surface area contributed by atoms with E-state index in [1.54, 1.807) is 6.08 Å². The minimum absolute atomic E-state index is 0.0150. The van der Waals surface area contributed by atoms with Gasteiger partial charge in [0.2, 0.25) is 0 Å². The van der Waals surface area contributed by atoms with Crippen LogP contribution in [0, 0.1) is 0 Å². The molecule has 24 heavy (non-hydrogen) atoms. The van der Waals surface area contributed by atoms with Crippen molar-refractivity contribution in [1.82, 2.24) is 4.90 Å². The van der Waals surface area contributed by atoms with Crippen molar-refractivity contribution >= 4 is 11.5 Å². The zero-order chi connectivity index (χ0) is 16.6. The van der Waals surface area contributed by atoms with E-state index < -0.39 is 0 Å². The van der Waals surface area contributed by atoms with E-state index in [1.165, 1.54) is 0 Å². The maximum absolute atomic E-state index is 12.2. The zero-order valence-electron chi connectivity index (χ0n) is 13.6. The van der Waals surface area contributed by atoms with Gasteiger partial charge in [-0.1, -0.05) is 66.7 Å². The Kier molecular flexibility index (Phi) is 5.59. The predicted octanol–water partition coefficient (Wildman–Crippen LogP) is 3.80. The maximum atomic E-state index is 12.2. The van der Waals surface area contributed by atoms with E-state index in [-0.39, 0.29) is 5.78 Å². The molecule has 0 amide bonds. The molecular formula is C21H21NO2. The molecule has 3 nitrogen and oxygen atoms in total. The lowest BCUT2D eigenvalue weighted by molar-refractivity contribution is 0.0639. The van der Waals surface area contributed by atoms with E-state index in [0.717, 1.165) is 37.6 Å². The van der Waals surface area contributed by atoms with Crippen molar-refractivity contribution in [3.05, 3.63) is 90.0 Å². The molecule has 2 aromatic carbocycles. The first-order valence-electron chi connectivity index (χ1n) is 8.20. The normalized spacial score (nSPS) is 15.7. The second kappa shape index (κ2) is 8.27. The largest absolute Gasteiger partial charge is 0.378 e. The van der Waals surface area contributed by atoms with Gasteiger partial charge < -0.3 is 9.64 Å². The Labute approximate surface area is 142 Å². The van der Waals surface area contributed by atoms with Crippen molar-refractivity contribution in [3.8, 4) is 0 Å². The summed E-state index contributed by atoms with van der Waals surface area (Å²) in [4.78, 5) is 14.5. The molecule has 0 saturated carbocycles. The highest BCUT2D eigenvalue weighted by atomic mass is 16.5. The number of morpholine rings is 1. The van der Waals surface area contributed by atoms with Gasteiger partial charge in [0.1, 0.15) is 0 Å². The van der Waals surface area contributed by atoms with Crippen LogP contribution in [0.25, 0.3) is 5.70 Å². The lowest BCUT2D eigenvalue weighted by Crippen LogP contribution is -2.34. The van der Waals surface area contributed by atoms with Crippen LogP contribution in [0.5, 0.6) is 0 Å². The number of allylic oxidation sites excluding steroid dienone is 3. The number of carbonyl (C=O) groups is 1. The molecule has 0 aliphatic carbocycles. The van der Waals surface area contributed by atoms with E-state index in [1.807, 2.05) is 60.7 Å². The maximum Gasteiger partial charge on any atom is 0.185 e. The van der Waals surface area contributed by atoms with Crippen molar-refractivity contribution in [3.63, 3.8) is 0 Å². The van der Waals surface area contributed by atoms with Gasteiger partial charge in [-0.3, -0.25) is 4.79 Å². The summed E-state index contributed by atoms with van der Waals surface area (Å²) >= 11 is 0. The molecule has 0 N–H and O–H groups in total. The van der Waals surface area contributed by atoms with Gasteiger partial charge in [0.05, 0.1) is 13.2 Å². The number of ether oxygens (including phenoxy) is 1. The lowest BCUT2D eigenvalue weighted by Gasteiger charge is -2.31. The van der Waals surface area contributed by atoms with Crippen LogP contribution in [0.1, 0.15) is 15.9 Å². The SMILES string of the molecule is O=C(/C=C/C=C(\c1ccccc1)N1CCOCC1)c1ccccc1. The Morgan fingerprint density at radius 3 is 2.08 bits per heavy atom. The molecule has 1 aliphatic rings. The van der Waals surface area contributed by atoms with Gasteiger partial charge in [-0.2, -0.15) is 0 Å². The summed E-state index contributed by atoms with van der Waals surface area (Å²) in [6, 6.07) is 19.6. The van der Waals surface area contributed by atoms with Crippen LogP contribution in [-0.2, 0) is 4.74 Å². The van der Waals surface area contributed by atoms with Crippen LogP contribution in [0.4, 0.5) is 0 Å². The summed E-state index contributed by atoms with van der Waals surface area (Å²) in [5, 5.41) is 0. The summed E-state index contributed by atoms with van der Waals surface area (Å²) < 4.78 is 5.45. The average molecular weight is 319 g/mol. The number of rotatable bonds is 5. The Hall–Kier alpha value is -2.65. The van der Waals surface area contributed by atoms with Gasteiger partial charge in [-0.15, -0.1) is 0 Å². The van der Waals surface area contributed by atoms with Gasteiger partial charge in [0.15, 0.2) is 5.78 Å². The highest BCUT2D eigenvalue weighted by Crippen LogP contribution is 2.20. The molecule has 122 valence electrons. The molecule has 1 heterocycles. The molecule has 1 saturated heterocycles. The van der Waals surface area contributed by atoms with Gasteiger partial charge in [-0.05, 0) is 17.7 Å². The molecule has 3 heteroatoms. The number of benzene rings is 2. The first kappa shape index (κ1) is 16.2. The van der Waals surface area contributed by atoms with Crippen molar-refractivity contribution in [1.29, 1.82) is 0 Å². The first-order chi connectivity index (χ1) is 11.8. The number of hydrogen-bond acceptors (Lipinski definition) is 3. The Bertz CT molecular complexity index is 714. The van der Waals surface area contributed by atoms with Gasteiger partial charge in [0.25, 0.3) is 0 Å². The average Bonchev–Trinajstić information content (AvgIpc) is 2.67. The van der Waals surface area contributed by atoms with Gasteiger partial charge in [0, 0.05) is 24.4 Å². The summed E-state index contributed by atoms with van der Waals surface area (Å²) in [6.07, 6.45) is 5.48. The van der Waals surface area contributed by atoms with Crippen molar-refractivity contribution in [2.24, 2.45) is 0 Å². The molecule has 0 radical (unpaired) electrons. The van der Waals surface area contributed by atoms with Crippen LogP contribution < -0.4 is 0 Å². The molecule has 0 aromatic heterocycles.